The third-order valence-corrected chi connectivity index (χ3v) is 18.5. The Morgan fingerprint density at radius 2 is 1.44 bits per heavy atom. The SMILES string of the molecule is COc1cccc2c1C(=O)c1c(O)c3c(c(O)c1C2=O)CC(O)(C(=O)NCC(=O)NCCOCCOCCOCCOCCC(=O)NC(CS(=O)(=O)O)C(=O)NCCC(=O)N1Cc2ccccc2-c2n[nH]nc2-c2ccccc21)CC3OC1CC2C(OC3C(OC)OCCN23)C(C)O1. The highest BCUT2D eigenvalue weighted by atomic mass is 32.2. The van der Waals surface area contributed by atoms with Crippen LogP contribution in [0.2, 0.25) is 0 Å². The molecule has 9 unspecified atom stereocenters. The highest BCUT2D eigenvalue weighted by Crippen LogP contribution is 2.53. The summed E-state index contributed by atoms with van der Waals surface area (Å²) in [6.07, 6.45) is -6.17. The molecular weight excluding hydrogens is 1310 g/mol. The quantitative estimate of drug-likeness (QED) is 0.0177. The van der Waals surface area contributed by atoms with Gasteiger partial charge in [-0.15, -0.1) is 0 Å². The van der Waals surface area contributed by atoms with Crippen LogP contribution in [0.1, 0.15) is 87.2 Å². The first-order chi connectivity index (χ1) is 47.2. The van der Waals surface area contributed by atoms with Crippen molar-refractivity contribution in [3.8, 4) is 39.8 Å². The van der Waals surface area contributed by atoms with E-state index in [1.807, 2.05) is 36.4 Å². The Morgan fingerprint density at radius 1 is 0.765 bits per heavy atom. The zero-order valence-electron chi connectivity index (χ0n) is 53.9. The summed E-state index contributed by atoms with van der Waals surface area (Å²) in [4.78, 5) is 99.0. The Balaban J connectivity index is 0.576. The van der Waals surface area contributed by atoms with Gasteiger partial charge >= 0.3 is 0 Å². The van der Waals surface area contributed by atoms with Gasteiger partial charge in [0.25, 0.3) is 16.0 Å². The second-order valence-corrected chi connectivity index (χ2v) is 25.5. The average molecular weight is 1380 g/mol. The second kappa shape index (κ2) is 31.2. The Kier molecular flexibility index (Phi) is 22.6. The Morgan fingerprint density at radius 3 is 2.16 bits per heavy atom. The number of aliphatic hydroxyl groups is 1. The van der Waals surface area contributed by atoms with Crippen LogP contribution >= 0.6 is 0 Å². The van der Waals surface area contributed by atoms with Gasteiger partial charge in [0.1, 0.15) is 52.1 Å². The van der Waals surface area contributed by atoms with E-state index in [0.29, 0.717) is 35.8 Å². The highest BCUT2D eigenvalue weighted by Gasteiger charge is 2.55. The smallest absolute Gasteiger partial charge is 0.267 e. The monoisotopic (exact) mass is 1380 g/mol. The first-order valence-corrected chi connectivity index (χ1v) is 33.5. The van der Waals surface area contributed by atoms with E-state index in [-0.39, 0.29) is 132 Å². The summed E-state index contributed by atoms with van der Waals surface area (Å²) in [5.41, 5.74) is -0.0412. The molecule has 0 radical (unpaired) electrons. The maximum absolute atomic E-state index is 14.3. The number of aromatic hydroxyl groups is 2. The molecule has 0 saturated carbocycles. The van der Waals surface area contributed by atoms with Gasteiger partial charge in [-0.25, -0.2) is 0 Å². The molecule has 32 nitrogen and oxygen atoms in total. The molecule has 9 atom stereocenters. The van der Waals surface area contributed by atoms with E-state index in [0.717, 1.165) is 11.1 Å². The van der Waals surface area contributed by atoms with Crippen LogP contribution in [0.25, 0.3) is 22.5 Å². The summed E-state index contributed by atoms with van der Waals surface area (Å²) in [7, 11) is -1.91. The van der Waals surface area contributed by atoms with Crippen LogP contribution in [-0.2, 0) is 89.7 Å². The molecule has 3 saturated heterocycles. The van der Waals surface area contributed by atoms with Crippen LogP contribution in [0.15, 0.2) is 66.7 Å². The minimum absolute atomic E-state index is 0.0289. The molecule has 5 amide bonds. The summed E-state index contributed by atoms with van der Waals surface area (Å²) in [5, 5.41) is 57.7. The standard InChI is InChI=1S/C65H77N9O23S/c1-35-60-43(73-19-22-94-63(89-3)62(73)97-60)29-49(95-35)96-45-31-65(84,30-40-51(45)59(81)53-52(57(40)79)56(78)39-12-8-14-44(88-2)50(39)58(53)80)64(83)68-32-47(76)66-18-21-91-24-26-93-28-27-92-25-23-90-20-16-46(75)69-41(34-98(85,86)87)61(82)67-17-15-48(77)74-33-36-9-4-5-10-37(36)54-55(71-72-70-54)38-11-6-7-13-42(38)74/h4-14,35,41,43,45,49,60,62-63,79,81,84H,15-34H2,1-3H3,(H,66,76)(H,67,82)(H,68,83)(H,69,75)(H,70,71,72)(H,85,86,87). The maximum Gasteiger partial charge on any atom is 0.267 e. The lowest BCUT2D eigenvalue weighted by Gasteiger charge is -2.43. The molecule has 9 N–H and O–H groups in total. The minimum Gasteiger partial charge on any atom is -0.507 e. The number of nitrogens with one attached hydrogen (secondary N) is 5. The van der Waals surface area contributed by atoms with Gasteiger partial charge in [0.05, 0.1) is 114 Å². The van der Waals surface area contributed by atoms with Crippen molar-refractivity contribution in [3.05, 3.63) is 106 Å². The zero-order chi connectivity index (χ0) is 69.4. The van der Waals surface area contributed by atoms with Crippen LogP contribution in [0.5, 0.6) is 17.2 Å². The van der Waals surface area contributed by atoms with Crippen LogP contribution in [-0.4, -0.2) is 244 Å². The van der Waals surface area contributed by atoms with E-state index in [4.69, 9.17) is 47.4 Å². The van der Waals surface area contributed by atoms with Crippen molar-refractivity contribution in [2.45, 2.75) is 100 Å². The molecular formula is C65H77N9O23S. The van der Waals surface area contributed by atoms with E-state index in [1.165, 1.54) is 32.4 Å². The van der Waals surface area contributed by atoms with Crippen LogP contribution < -0.4 is 30.9 Å². The van der Waals surface area contributed by atoms with E-state index < -0.39 is 142 Å². The van der Waals surface area contributed by atoms with Crippen molar-refractivity contribution >= 4 is 56.9 Å². The number of phenols is 2. The van der Waals surface area contributed by atoms with Gasteiger partial charge in [0.15, 0.2) is 24.6 Å². The number of ketones is 2. The van der Waals surface area contributed by atoms with Crippen molar-refractivity contribution in [3.63, 3.8) is 0 Å². The number of ether oxygens (including phenoxy) is 10. The minimum atomic E-state index is -4.74. The number of anilines is 1. The van der Waals surface area contributed by atoms with Crippen LogP contribution in [0, 0.1) is 0 Å². The Hall–Kier alpha value is -8.42. The molecule has 0 bridgehead atoms. The molecule has 4 aromatic carbocycles. The molecule has 5 heterocycles. The lowest BCUT2D eigenvalue weighted by Crippen LogP contribution is -2.55. The first-order valence-electron chi connectivity index (χ1n) is 31.9. The van der Waals surface area contributed by atoms with Crippen molar-refractivity contribution < 1.29 is 109 Å². The predicted molar refractivity (Wildman–Crippen MR) is 340 cm³/mol. The van der Waals surface area contributed by atoms with Gasteiger partial charge in [0.2, 0.25) is 29.4 Å². The predicted octanol–water partition coefficient (Wildman–Crippen LogP) is 0.717. The number of morpholine rings is 1. The third-order valence-electron chi connectivity index (χ3n) is 17.7. The van der Waals surface area contributed by atoms with Crippen LogP contribution in [0.3, 0.4) is 0 Å². The van der Waals surface area contributed by atoms with Gasteiger partial charge in [-0.1, -0.05) is 54.6 Å². The molecule has 0 spiro atoms. The lowest BCUT2D eigenvalue weighted by molar-refractivity contribution is -0.256. The van der Waals surface area contributed by atoms with Gasteiger partial charge in [-0.2, -0.15) is 23.8 Å². The van der Waals surface area contributed by atoms with Crippen molar-refractivity contribution in [2.24, 2.45) is 0 Å². The Bertz CT molecular complexity index is 3930. The van der Waals surface area contributed by atoms with E-state index >= 15 is 0 Å². The van der Waals surface area contributed by atoms with E-state index in [1.54, 1.807) is 24.0 Å². The fraction of sp³-hybridized carbons (Fsp3) is 0.492. The number of para-hydroxylation sites is 1. The summed E-state index contributed by atoms with van der Waals surface area (Å²) in [6, 6.07) is 17.0. The fourth-order valence-electron chi connectivity index (χ4n) is 13.2. The number of aromatic nitrogens is 3. The number of aromatic amines is 1. The summed E-state index contributed by atoms with van der Waals surface area (Å²) >= 11 is 0. The number of benzene rings is 4. The number of phenolic OH excluding ortho intramolecular Hbond substituents is 2. The molecule has 11 rings (SSSR count). The number of carbonyl (C=O) groups excluding carboxylic acids is 7. The maximum atomic E-state index is 14.3. The number of carbonyl (C=O) groups is 7. The number of fused-ring (bicyclic) bond motifs is 11. The number of hydrogen-bond donors (Lipinski definition) is 9. The zero-order valence-corrected chi connectivity index (χ0v) is 54.7. The molecule has 98 heavy (non-hydrogen) atoms. The van der Waals surface area contributed by atoms with Crippen LogP contribution in [0.4, 0.5) is 5.69 Å². The Labute approximate surface area is 561 Å². The third kappa shape index (κ3) is 15.5. The highest BCUT2D eigenvalue weighted by molar-refractivity contribution is 7.85. The van der Waals surface area contributed by atoms with E-state index in [9.17, 15) is 61.9 Å². The molecule has 5 aromatic rings. The number of hydrogen-bond acceptors (Lipinski definition) is 25. The molecule has 33 heteroatoms. The van der Waals surface area contributed by atoms with Crippen molar-refractivity contribution in [1.29, 1.82) is 0 Å². The lowest BCUT2D eigenvalue weighted by atomic mass is 9.72. The van der Waals surface area contributed by atoms with E-state index in [2.05, 4.69) is 41.6 Å². The molecule has 2 aliphatic carbocycles. The van der Waals surface area contributed by atoms with Crippen molar-refractivity contribution in [1.82, 2.24) is 41.6 Å². The first kappa shape index (κ1) is 70.9. The van der Waals surface area contributed by atoms with Gasteiger partial charge < -0.3 is 88.9 Å². The largest absolute Gasteiger partial charge is 0.507 e. The summed E-state index contributed by atoms with van der Waals surface area (Å²) in [5.74, 6) is -7.84. The molecule has 4 aliphatic heterocycles. The average Bonchev–Trinajstić information content (AvgIpc) is 0.850. The molecule has 1 aromatic heterocycles. The number of H-pyrrole nitrogens is 1. The second-order valence-electron chi connectivity index (χ2n) is 24.0. The number of nitrogens with zero attached hydrogens (tertiary/aromatic N) is 4. The summed E-state index contributed by atoms with van der Waals surface area (Å²) < 4.78 is 91.3. The normalized spacial score (nSPS) is 22.6. The molecule has 526 valence electrons. The number of rotatable bonds is 29. The molecule has 3 fully saturated rings. The van der Waals surface area contributed by atoms with Gasteiger partial charge in [-0.3, -0.25) is 43.0 Å². The number of methoxy groups -OCH3 is 2. The summed E-state index contributed by atoms with van der Waals surface area (Å²) in [6.45, 7) is 2.87. The molecule has 6 aliphatic rings. The topological polar surface area (TPSA) is 423 Å². The van der Waals surface area contributed by atoms with Gasteiger partial charge in [-0.05, 0) is 24.6 Å². The van der Waals surface area contributed by atoms with Gasteiger partial charge in [0, 0.05) is 92.7 Å². The number of amides is 5. The fourth-order valence-corrected chi connectivity index (χ4v) is 13.8. The van der Waals surface area contributed by atoms with Crippen molar-refractivity contribution in [2.75, 3.05) is 111 Å².